The molecule has 0 unspecified atom stereocenters. The van der Waals surface area contributed by atoms with Crippen molar-refractivity contribution >= 4 is 23.6 Å². The molecular weight excluding hydrogens is 380 g/mol. The number of amides is 2. The molecule has 2 aromatic rings. The first kappa shape index (κ1) is 23.0. The second kappa shape index (κ2) is 11.7. The van der Waals surface area contributed by atoms with Crippen molar-refractivity contribution in [2.45, 2.75) is 64.1 Å². The summed E-state index contributed by atoms with van der Waals surface area (Å²) in [5.41, 5.74) is 2.18. The summed E-state index contributed by atoms with van der Waals surface area (Å²) >= 11 is 1.66. The Kier molecular flexibility index (Phi) is 9.26. The molecule has 0 saturated heterocycles. The molecule has 2 atom stereocenters. The topological polar surface area (TPSA) is 49.4 Å². The Hall–Kier alpha value is -2.27. The zero-order chi connectivity index (χ0) is 21.2. The Labute approximate surface area is 179 Å². The molecule has 0 aromatic heterocycles. The van der Waals surface area contributed by atoms with Crippen molar-refractivity contribution in [3.05, 3.63) is 65.7 Å². The second-order valence-electron chi connectivity index (χ2n) is 7.42. The van der Waals surface area contributed by atoms with Crippen molar-refractivity contribution in [1.29, 1.82) is 0 Å². The molecule has 0 aliphatic heterocycles. The SMILES string of the molecule is CC[C@H](C)NC(=O)[C@@H](C)N(Cc1cccc(C)c1)C(=O)CCSc1ccccc1. The van der Waals surface area contributed by atoms with Crippen molar-refractivity contribution < 1.29 is 9.59 Å². The Balaban J connectivity index is 2.07. The van der Waals surface area contributed by atoms with Gasteiger partial charge in [0.25, 0.3) is 0 Å². The van der Waals surface area contributed by atoms with Crippen molar-refractivity contribution in [3.8, 4) is 0 Å². The van der Waals surface area contributed by atoms with Crippen LogP contribution in [0.2, 0.25) is 0 Å². The van der Waals surface area contributed by atoms with Gasteiger partial charge in [0.2, 0.25) is 11.8 Å². The minimum Gasteiger partial charge on any atom is -0.352 e. The Morgan fingerprint density at radius 3 is 2.45 bits per heavy atom. The normalized spacial score (nSPS) is 12.8. The summed E-state index contributed by atoms with van der Waals surface area (Å²) in [6, 6.07) is 17.7. The number of nitrogens with zero attached hydrogens (tertiary/aromatic N) is 1. The van der Waals surface area contributed by atoms with Crippen LogP contribution in [0.5, 0.6) is 0 Å². The van der Waals surface area contributed by atoms with Crippen molar-refractivity contribution in [2.24, 2.45) is 0 Å². The maximum atomic E-state index is 13.1. The molecule has 0 radical (unpaired) electrons. The third-order valence-corrected chi connectivity index (χ3v) is 5.95. The summed E-state index contributed by atoms with van der Waals surface area (Å²) in [6.07, 6.45) is 1.25. The van der Waals surface area contributed by atoms with E-state index in [0.717, 1.165) is 22.4 Å². The monoisotopic (exact) mass is 412 g/mol. The van der Waals surface area contributed by atoms with E-state index in [1.165, 1.54) is 0 Å². The predicted octanol–water partition coefficient (Wildman–Crippen LogP) is 4.81. The lowest BCUT2D eigenvalue weighted by Gasteiger charge is -2.30. The Morgan fingerprint density at radius 1 is 1.07 bits per heavy atom. The summed E-state index contributed by atoms with van der Waals surface area (Å²) in [4.78, 5) is 28.6. The van der Waals surface area contributed by atoms with E-state index >= 15 is 0 Å². The smallest absolute Gasteiger partial charge is 0.242 e. The highest BCUT2D eigenvalue weighted by Gasteiger charge is 2.26. The minimum absolute atomic E-state index is 0.00161. The highest BCUT2D eigenvalue weighted by Crippen LogP contribution is 2.19. The lowest BCUT2D eigenvalue weighted by molar-refractivity contribution is -0.140. The largest absolute Gasteiger partial charge is 0.352 e. The molecule has 0 spiro atoms. The lowest BCUT2D eigenvalue weighted by Crippen LogP contribution is -2.49. The summed E-state index contributed by atoms with van der Waals surface area (Å²) in [7, 11) is 0. The van der Waals surface area contributed by atoms with Gasteiger partial charge in [-0.2, -0.15) is 0 Å². The van der Waals surface area contributed by atoms with Crippen molar-refractivity contribution in [2.75, 3.05) is 5.75 Å². The van der Waals surface area contributed by atoms with Gasteiger partial charge in [-0.15, -0.1) is 11.8 Å². The Bertz CT molecular complexity index is 794. The average Bonchev–Trinajstić information content (AvgIpc) is 2.72. The van der Waals surface area contributed by atoms with E-state index in [1.54, 1.807) is 16.7 Å². The van der Waals surface area contributed by atoms with E-state index in [4.69, 9.17) is 0 Å². The van der Waals surface area contributed by atoms with Gasteiger partial charge in [0.1, 0.15) is 6.04 Å². The maximum absolute atomic E-state index is 13.1. The van der Waals surface area contributed by atoms with Gasteiger partial charge in [0, 0.05) is 29.7 Å². The third kappa shape index (κ3) is 7.58. The number of benzene rings is 2. The van der Waals surface area contributed by atoms with Gasteiger partial charge in [-0.25, -0.2) is 0 Å². The number of rotatable bonds is 10. The number of carbonyl (C=O) groups is 2. The van der Waals surface area contributed by atoms with Crippen LogP contribution in [0.3, 0.4) is 0 Å². The van der Waals surface area contributed by atoms with Gasteiger partial charge < -0.3 is 10.2 Å². The Morgan fingerprint density at radius 2 is 1.79 bits per heavy atom. The number of nitrogens with one attached hydrogen (secondary N) is 1. The second-order valence-corrected chi connectivity index (χ2v) is 8.58. The zero-order valence-corrected chi connectivity index (χ0v) is 18.7. The van der Waals surface area contributed by atoms with E-state index in [-0.39, 0.29) is 17.9 Å². The van der Waals surface area contributed by atoms with Crippen LogP contribution in [-0.2, 0) is 16.1 Å². The zero-order valence-electron chi connectivity index (χ0n) is 17.9. The first-order valence-corrected chi connectivity index (χ1v) is 11.2. The fraction of sp³-hybridized carbons (Fsp3) is 0.417. The molecule has 0 aliphatic rings. The third-order valence-electron chi connectivity index (χ3n) is 4.93. The highest BCUT2D eigenvalue weighted by molar-refractivity contribution is 7.99. The van der Waals surface area contributed by atoms with Crippen molar-refractivity contribution in [1.82, 2.24) is 10.2 Å². The molecule has 4 nitrogen and oxygen atoms in total. The fourth-order valence-corrected chi connectivity index (χ4v) is 3.83. The quantitative estimate of drug-likeness (QED) is 0.570. The van der Waals surface area contributed by atoms with E-state index < -0.39 is 6.04 Å². The molecular formula is C24H32N2O2S. The summed E-state index contributed by atoms with van der Waals surface area (Å²) in [6.45, 7) is 8.30. The molecule has 0 bridgehead atoms. The fourth-order valence-electron chi connectivity index (χ4n) is 2.97. The summed E-state index contributed by atoms with van der Waals surface area (Å²) in [5.74, 6) is 0.588. The average molecular weight is 413 g/mol. The number of thioether (sulfide) groups is 1. The highest BCUT2D eigenvalue weighted by atomic mass is 32.2. The van der Waals surface area contributed by atoms with Crippen LogP contribution in [0.15, 0.2) is 59.5 Å². The molecule has 2 amide bonds. The van der Waals surface area contributed by atoms with Crippen LogP contribution >= 0.6 is 11.8 Å². The molecule has 29 heavy (non-hydrogen) atoms. The number of hydrogen-bond donors (Lipinski definition) is 1. The van der Waals surface area contributed by atoms with Gasteiger partial charge in [-0.1, -0.05) is 55.0 Å². The van der Waals surface area contributed by atoms with Gasteiger partial charge >= 0.3 is 0 Å². The van der Waals surface area contributed by atoms with Crippen LogP contribution < -0.4 is 5.32 Å². The summed E-state index contributed by atoms with van der Waals surface area (Å²) in [5, 5.41) is 3.01. The van der Waals surface area contributed by atoms with E-state index in [9.17, 15) is 9.59 Å². The van der Waals surface area contributed by atoms with E-state index in [0.29, 0.717) is 18.7 Å². The lowest BCUT2D eigenvalue weighted by atomic mass is 10.1. The molecule has 0 heterocycles. The van der Waals surface area contributed by atoms with Crippen LogP contribution in [0.4, 0.5) is 0 Å². The van der Waals surface area contributed by atoms with Gasteiger partial charge in [0.15, 0.2) is 0 Å². The molecule has 1 N–H and O–H groups in total. The van der Waals surface area contributed by atoms with Crippen LogP contribution in [0.1, 0.15) is 44.7 Å². The minimum atomic E-state index is -0.515. The standard InChI is InChI=1S/C24H32N2O2S/c1-5-19(3)25-24(28)20(4)26(17-21-11-9-10-18(2)16-21)23(27)14-15-29-22-12-7-6-8-13-22/h6-13,16,19-20H,5,14-15,17H2,1-4H3,(H,25,28)/t19-,20+/m0/s1. The van der Waals surface area contributed by atoms with Crippen LogP contribution in [0.25, 0.3) is 0 Å². The molecule has 2 rings (SSSR count). The molecule has 2 aromatic carbocycles. The molecule has 5 heteroatoms. The first-order valence-electron chi connectivity index (χ1n) is 10.2. The van der Waals surface area contributed by atoms with Gasteiger partial charge in [-0.05, 0) is 44.9 Å². The van der Waals surface area contributed by atoms with Crippen LogP contribution in [-0.4, -0.2) is 34.6 Å². The number of hydrogen-bond acceptors (Lipinski definition) is 3. The molecule has 0 aliphatic carbocycles. The summed E-state index contributed by atoms with van der Waals surface area (Å²) < 4.78 is 0. The van der Waals surface area contributed by atoms with Crippen LogP contribution in [0, 0.1) is 6.92 Å². The van der Waals surface area contributed by atoms with E-state index in [2.05, 4.69) is 11.4 Å². The number of aryl methyl sites for hydroxylation is 1. The predicted molar refractivity (Wildman–Crippen MR) is 121 cm³/mol. The molecule has 0 saturated carbocycles. The van der Waals surface area contributed by atoms with E-state index in [1.807, 2.05) is 76.2 Å². The van der Waals surface area contributed by atoms with Gasteiger partial charge in [0.05, 0.1) is 0 Å². The molecule has 156 valence electrons. The maximum Gasteiger partial charge on any atom is 0.242 e. The molecule has 0 fully saturated rings. The van der Waals surface area contributed by atoms with Gasteiger partial charge in [-0.3, -0.25) is 9.59 Å². The van der Waals surface area contributed by atoms with Crippen molar-refractivity contribution in [3.63, 3.8) is 0 Å². The first-order chi connectivity index (χ1) is 13.9. The number of carbonyl (C=O) groups excluding carboxylic acids is 2.